The minimum atomic E-state index is -4.55. The van der Waals surface area contributed by atoms with Gasteiger partial charge in [0.15, 0.2) is 11.5 Å². The Morgan fingerprint density at radius 3 is 1.91 bits per heavy atom. The van der Waals surface area contributed by atoms with E-state index in [9.17, 15) is 22.8 Å². The molecule has 0 saturated carbocycles. The summed E-state index contributed by atoms with van der Waals surface area (Å²) in [7, 11) is 0. The van der Waals surface area contributed by atoms with Crippen LogP contribution in [0.25, 0.3) is 11.4 Å². The first-order valence-corrected chi connectivity index (χ1v) is 14.6. The summed E-state index contributed by atoms with van der Waals surface area (Å²) in [6, 6.07) is 19.3. The summed E-state index contributed by atoms with van der Waals surface area (Å²) < 4.78 is 49.3. The van der Waals surface area contributed by atoms with Crippen molar-refractivity contribution in [3.8, 4) is 11.4 Å². The van der Waals surface area contributed by atoms with E-state index in [1.165, 1.54) is 34.5 Å². The van der Waals surface area contributed by atoms with Crippen LogP contribution in [0.15, 0.2) is 81.7 Å². The molecule has 5 rings (SSSR count). The van der Waals surface area contributed by atoms with Crippen LogP contribution in [-0.2, 0) is 10.9 Å². The molecule has 2 aromatic heterocycles. The number of hydrogen-bond donors (Lipinski definition) is 2. The zero-order valence-electron chi connectivity index (χ0n) is 23.8. The Bertz CT molecular complexity index is 1810. The molecular weight excluding hydrogens is 727 g/mol. The minimum Gasteiger partial charge on any atom is -0.476 e. The summed E-state index contributed by atoms with van der Waals surface area (Å²) in [6.07, 6.45) is -6.59. The Morgan fingerprint density at radius 1 is 0.844 bits per heavy atom. The molecule has 5 aromatic rings. The van der Waals surface area contributed by atoms with E-state index in [-0.39, 0.29) is 17.1 Å². The zero-order valence-corrected chi connectivity index (χ0v) is 26.9. The van der Waals surface area contributed by atoms with Gasteiger partial charge in [0.25, 0.3) is 0 Å². The van der Waals surface area contributed by atoms with Crippen molar-refractivity contribution in [1.29, 1.82) is 0 Å². The van der Waals surface area contributed by atoms with Crippen molar-refractivity contribution in [1.82, 2.24) is 30.0 Å². The molecule has 0 fully saturated rings. The lowest BCUT2D eigenvalue weighted by atomic mass is 10.0. The number of rotatable bonds is 6. The molecule has 0 bridgehead atoms. The van der Waals surface area contributed by atoms with Crippen molar-refractivity contribution in [2.45, 2.75) is 33.1 Å². The van der Waals surface area contributed by atoms with Crippen molar-refractivity contribution in [2.75, 3.05) is 5.32 Å². The topological polar surface area (TPSA) is 137 Å². The van der Waals surface area contributed by atoms with Gasteiger partial charge in [-0.05, 0) is 75.4 Å². The molecule has 16 heteroatoms. The molecule has 234 valence electrons. The van der Waals surface area contributed by atoms with Crippen molar-refractivity contribution in [3.05, 3.63) is 110 Å². The second-order valence-corrected chi connectivity index (χ2v) is 11.2. The molecule has 2 heterocycles. The van der Waals surface area contributed by atoms with Crippen LogP contribution in [0, 0.1) is 13.8 Å². The lowest BCUT2D eigenvalue weighted by molar-refractivity contribution is -0.139. The van der Waals surface area contributed by atoms with E-state index in [1.807, 2.05) is 12.1 Å². The normalized spacial score (nSPS) is 11.7. The fourth-order valence-corrected chi connectivity index (χ4v) is 4.62. The number of amides is 1. The number of carboxylic acid groups (broad SMARTS) is 1. The monoisotopic (exact) mass is 749 g/mol. The Labute approximate surface area is 271 Å². The van der Waals surface area contributed by atoms with Crippen LogP contribution in [0.5, 0.6) is 0 Å². The molecule has 0 radical (unpaired) electrons. The second kappa shape index (κ2) is 14.0. The lowest BCUT2D eigenvalue weighted by Gasteiger charge is -2.19. The number of nitrogens with zero attached hydrogens (tertiary/aromatic N) is 6. The molecule has 2 N–H and O–H groups in total. The molecule has 3 aromatic carbocycles. The fraction of sp³-hybridized carbons (Fsp3) is 0.172. The molecule has 1 atom stereocenters. The number of aromatic carboxylic acids is 1. The summed E-state index contributed by atoms with van der Waals surface area (Å²) in [5, 5.41) is 27.0. The zero-order chi connectivity index (χ0) is 32.9. The van der Waals surface area contributed by atoms with Gasteiger partial charge in [-0.15, -0.1) is 10.2 Å². The van der Waals surface area contributed by atoms with Gasteiger partial charge < -0.3 is 9.84 Å². The van der Waals surface area contributed by atoms with Crippen molar-refractivity contribution >= 4 is 49.7 Å². The Morgan fingerprint density at radius 2 is 1.36 bits per heavy atom. The fourth-order valence-electron chi connectivity index (χ4n) is 4.09. The van der Waals surface area contributed by atoms with Crippen LogP contribution in [0.1, 0.15) is 46.0 Å². The number of aromatic nitrogens is 6. The van der Waals surface area contributed by atoms with Gasteiger partial charge in [-0.3, -0.25) is 5.32 Å². The largest absolute Gasteiger partial charge is 0.476 e. The van der Waals surface area contributed by atoms with Gasteiger partial charge in [0.2, 0.25) is 0 Å². The van der Waals surface area contributed by atoms with Gasteiger partial charge >= 0.3 is 18.2 Å². The summed E-state index contributed by atoms with van der Waals surface area (Å²) in [5.41, 5.74) is 1.23. The van der Waals surface area contributed by atoms with Crippen LogP contribution in [0.2, 0.25) is 0 Å². The number of carbonyl (C=O) groups is 2. The molecule has 0 aliphatic heterocycles. The average Bonchev–Trinajstić information content (AvgIpc) is 3.56. The number of carbonyl (C=O) groups excluding carboxylic acids is 1. The second-order valence-electron chi connectivity index (χ2n) is 9.39. The highest BCUT2D eigenvalue weighted by Gasteiger charge is 2.35. The van der Waals surface area contributed by atoms with Crippen LogP contribution < -0.4 is 5.32 Å². The maximum atomic E-state index is 13.2. The summed E-state index contributed by atoms with van der Waals surface area (Å²) in [5.74, 6) is -0.779. The number of aryl methyl sites for hydroxylation is 2. The van der Waals surface area contributed by atoms with Gasteiger partial charge in [0.05, 0.1) is 22.6 Å². The molecule has 0 saturated heterocycles. The predicted octanol–water partition coefficient (Wildman–Crippen LogP) is 7.70. The van der Waals surface area contributed by atoms with Gasteiger partial charge in [-0.2, -0.15) is 17.9 Å². The Hall–Kier alpha value is -4.57. The van der Waals surface area contributed by atoms with Crippen LogP contribution in [0.4, 0.5) is 23.8 Å². The quantitative estimate of drug-likeness (QED) is 0.180. The maximum Gasteiger partial charge on any atom is 0.416 e. The van der Waals surface area contributed by atoms with Gasteiger partial charge in [0.1, 0.15) is 11.8 Å². The molecule has 11 nitrogen and oxygen atoms in total. The smallest absolute Gasteiger partial charge is 0.416 e. The first-order valence-electron chi connectivity index (χ1n) is 13.0. The number of nitrogens with one attached hydrogen (secondary N) is 1. The third-order valence-corrected chi connectivity index (χ3v) is 7.29. The van der Waals surface area contributed by atoms with Crippen LogP contribution >= 0.6 is 31.9 Å². The minimum absolute atomic E-state index is 0.0855. The van der Waals surface area contributed by atoms with E-state index >= 15 is 0 Å². The SMILES string of the molecule is Cc1nnn(-c2ccc(Br)cc2)c1C(=O)O.Cc1nnn(-c2ccc(Br)cc2)c1NC(=O)O[C@H](C)c1ccccc1C(F)(F)F. The van der Waals surface area contributed by atoms with E-state index in [4.69, 9.17) is 9.84 Å². The Kier molecular flexibility index (Phi) is 10.4. The number of anilines is 1. The number of carboxylic acids is 1. The first kappa shape index (κ1) is 33.3. The van der Waals surface area contributed by atoms with E-state index in [1.54, 1.807) is 50.2 Å². The average molecular weight is 751 g/mol. The highest BCUT2D eigenvalue weighted by Crippen LogP contribution is 2.35. The molecule has 1 amide bonds. The van der Waals surface area contributed by atoms with Gasteiger partial charge in [-0.1, -0.05) is 60.5 Å². The highest BCUT2D eigenvalue weighted by molar-refractivity contribution is 9.10. The van der Waals surface area contributed by atoms with Crippen molar-refractivity contribution in [3.63, 3.8) is 0 Å². The van der Waals surface area contributed by atoms with E-state index < -0.39 is 29.9 Å². The van der Waals surface area contributed by atoms with E-state index in [2.05, 4.69) is 57.8 Å². The van der Waals surface area contributed by atoms with Crippen LogP contribution in [0.3, 0.4) is 0 Å². The third-order valence-electron chi connectivity index (χ3n) is 6.23. The summed E-state index contributed by atoms with van der Waals surface area (Å²) in [6.45, 7) is 4.63. The predicted molar refractivity (Wildman–Crippen MR) is 165 cm³/mol. The standard InChI is InChI=1S/C19H16BrF3N4O2.C10H8BrN3O2/c1-11-17(27(26-25-11)14-9-7-13(20)8-10-14)24-18(28)29-12(2)15-5-3-4-6-16(15)19(21,22)23;1-6-9(10(15)16)14(13-12-6)8-4-2-7(11)3-5-8/h3-10,12H,1-2H3,(H,24,28);2-5H,1H3,(H,15,16)/t12-;/m1./s1. The molecule has 45 heavy (non-hydrogen) atoms. The van der Waals surface area contributed by atoms with Crippen molar-refractivity contribution < 1.29 is 32.6 Å². The molecule has 0 unspecified atom stereocenters. The van der Waals surface area contributed by atoms with E-state index in [0.29, 0.717) is 22.8 Å². The number of alkyl halides is 3. The van der Waals surface area contributed by atoms with Gasteiger partial charge in [0, 0.05) is 14.5 Å². The molecule has 0 spiro atoms. The number of benzene rings is 3. The lowest BCUT2D eigenvalue weighted by Crippen LogP contribution is -2.20. The first-order chi connectivity index (χ1) is 21.3. The van der Waals surface area contributed by atoms with Crippen molar-refractivity contribution in [2.24, 2.45) is 0 Å². The van der Waals surface area contributed by atoms with Gasteiger partial charge in [-0.25, -0.2) is 14.3 Å². The molecule has 0 aliphatic carbocycles. The van der Waals surface area contributed by atoms with E-state index in [0.717, 1.165) is 15.0 Å². The third kappa shape index (κ3) is 8.13. The summed E-state index contributed by atoms with van der Waals surface area (Å²) in [4.78, 5) is 23.4. The molecule has 0 aliphatic rings. The Balaban J connectivity index is 0.000000242. The number of hydrogen-bond acceptors (Lipinski definition) is 7. The maximum absolute atomic E-state index is 13.2. The number of ether oxygens (including phenoxy) is 1. The highest BCUT2D eigenvalue weighted by atomic mass is 79.9. The van der Waals surface area contributed by atoms with Crippen LogP contribution in [-0.4, -0.2) is 47.2 Å². The molecular formula is C29H24Br2F3N7O4. The number of halogens is 5. The summed E-state index contributed by atoms with van der Waals surface area (Å²) >= 11 is 6.64.